The first kappa shape index (κ1) is 12.4. The van der Waals surface area contributed by atoms with Crippen LogP contribution in [0.3, 0.4) is 0 Å². The zero-order valence-corrected chi connectivity index (χ0v) is 12.2. The second-order valence-corrected chi connectivity index (χ2v) is 5.05. The van der Waals surface area contributed by atoms with Crippen LogP contribution >= 0.6 is 27.5 Å². The van der Waals surface area contributed by atoms with Gasteiger partial charge < -0.3 is 4.74 Å². The monoisotopic (exact) mass is 338 g/mol. The van der Waals surface area contributed by atoms with Gasteiger partial charge in [0.05, 0.1) is 4.47 Å². The molecule has 2 heterocycles. The van der Waals surface area contributed by atoms with Gasteiger partial charge in [0.1, 0.15) is 17.2 Å². The molecule has 3 aromatic rings. The number of halogens is 2. The van der Waals surface area contributed by atoms with Gasteiger partial charge in [-0.3, -0.25) is 0 Å². The Labute approximate surface area is 122 Å². The van der Waals surface area contributed by atoms with Crippen LogP contribution in [0.1, 0.15) is 5.56 Å². The van der Waals surface area contributed by atoms with Gasteiger partial charge in [-0.2, -0.15) is 19.6 Å². The molecule has 0 spiro atoms. The highest BCUT2D eigenvalue weighted by Crippen LogP contribution is 2.32. The predicted molar refractivity (Wildman–Crippen MR) is 74.7 cm³/mol. The highest BCUT2D eigenvalue weighted by atomic mass is 79.9. The van der Waals surface area contributed by atoms with Gasteiger partial charge in [0, 0.05) is 5.56 Å². The molecular formula is C12H8BrClN4O. The van der Waals surface area contributed by atoms with Crippen molar-refractivity contribution in [2.45, 2.75) is 6.92 Å². The van der Waals surface area contributed by atoms with Gasteiger partial charge in [-0.15, -0.1) is 0 Å². The molecule has 96 valence electrons. The molecule has 0 radical (unpaired) electrons. The van der Waals surface area contributed by atoms with Crippen LogP contribution in [0.15, 0.2) is 35.1 Å². The summed E-state index contributed by atoms with van der Waals surface area (Å²) in [5, 5.41) is 4.44. The lowest BCUT2D eigenvalue weighted by molar-refractivity contribution is 0.439. The number of para-hydroxylation sites is 1. The van der Waals surface area contributed by atoms with Crippen LogP contribution in [0.4, 0.5) is 0 Å². The number of ether oxygens (including phenoxy) is 1. The van der Waals surface area contributed by atoms with Crippen LogP contribution in [-0.2, 0) is 0 Å². The molecule has 3 rings (SSSR count). The van der Waals surface area contributed by atoms with Crippen LogP contribution in [0.2, 0.25) is 5.15 Å². The van der Waals surface area contributed by atoms with Crippen molar-refractivity contribution in [2.24, 2.45) is 0 Å². The summed E-state index contributed by atoms with van der Waals surface area (Å²) < 4.78 is 8.24. The lowest BCUT2D eigenvalue weighted by Gasteiger charge is -2.11. The van der Waals surface area contributed by atoms with Crippen LogP contribution < -0.4 is 4.74 Å². The van der Waals surface area contributed by atoms with Crippen molar-refractivity contribution in [1.82, 2.24) is 19.6 Å². The number of benzene rings is 1. The van der Waals surface area contributed by atoms with E-state index in [-0.39, 0.29) is 0 Å². The SMILES string of the molecule is Cc1c(Cl)nc2ncnn2c1Oc1ccccc1Br. The summed E-state index contributed by atoms with van der Waals surface area (Å²) in [6, 6.07) is 7.54. The molecule has 0 saturated heterocycles. The first-order chi connectivity index (χ1) is 9.16. The Morgan fingerprint density at radius 3 is 2.89 bits per heavy atom. The van der Waals surface area contributed by atoms with Gasteiger partial charge in [0.25, 0.3) is 5.78 Å². The van der Waals surface area contributed by atoms with E-state index in [0.717, 1.165) is 4.47 Å². The number of hydrogen-bond donors (Lipinski definition) is 0. The Morgan fingerprint density at radius 1 is 1.32 bits per heavy atom. The molecule has 0 aliphatic heterocycles. The molecule has 1 aromatic carbocycles. The van der Waals surface area contributed by atoms with Gasteiger partial charge >= 0.3 is 0 Å². The summed E-state index contributed by atoms with van der Waals surface area (Å²) in [7, 11) is 0. The largest absolute Gasteiger partial charge is 0.437 e. The maximum absolute atomic E-state index is 6.07. The van der Waals surface area contributed by atoms with Gasteiger partial charge in [0.15, 0.2) is 0 Å². The van der Waals surface area contributed by atoms with Gasteiger partial charge in [-0.1, -0.05) is 23.7 Å². The van der Waals surface area contributed by atoms with E-state index in [2.05, 4.69) is 31.0 Å². The Balaban J connectivity index is 2.17. The second kappa shape index (κ2) is 4.79. The van der Waals surface area contributed by atoms with E-state index in [1.165, 1.54) is 10.8 Å². The topological polar surface area (TPSA) is 52.3 Å². The fraction of sp³-hybridized carbons (Fsp3) is 0.0833. The normalized spacial score (nSPS) is 10.9. The van der Waals surface area contributed by atoms with E-state index < -0.39 is 0 Å². The molecule has 0 aliphatic carbocycles. The molecule has 5 nitrogen and oxygen atoms in total. The minimum Gasteiger partial charge on any atom is -0.437 e. The number of rotatable bonds is 2. The Kier molecular flexibility index (Phi) is 3.12. The van der Waals surface area contributed by atoms with Crippen molar-refractivity contribution < 1.29 is 4.74 Å². The Morgan fingerprint density at radius 2 is 2.11 bits per heavy atom. The van der Waals surface area contributed by atoms with Crippen LogP contribution in [0.5, 0.6) is 11.6 Å². The summed E-state index contributed by atoms with van der Waals surface area (Å²) in [6.45, 7) is 1.82. The van der Waals surface area contributed by atoms with Crippen molar-refractivity contribution in [2.75, 3.05) is 0 Å². The zero-order chi connectivity index (χ0) is 13.4. The van der Waals surface area contributed by atoms with Crippen molar-refractivity contribution in [3.8, 4) is 11.6 Å². The molecule has 0 aliphatic rings. The van der Waals surface area contributed by atoms with Crippen molar-refractivity contribution in [3.05, 3.63) is 45.8 Å². The predicted octanol–water partition coefficient (Wildman–Crippen LogP) is 3.64. The molecule has 7 heteroatoms. The Hall–Kier alpha value is -1.66. The second-order valence-electron chi connectivity index (χ2n) is 3.84. The molecule has 0 saturated carbocycles. The van der Waals surface area contributed by atoms with E-state index in [9.17, 15) is 0 Å². The van der Waals surface area contributed by atoms with E-state index in [0.29, 0.717) is 28.1 Å². The highest BCUT2D eigenvalue weighted by molar-refractivity contribution is 9.10. The maximum Gasteiger partial charge on any atom is 0.256 e. The van der Waals surface area contributed by atoms with Crippen molar-refractivity contribution in [1.29, 1.82) is 0 Å². The third-order valence-electron chi connectivity index (χ3n) is 2.59. The highest BCUT2D eigenvalue weighted by Gasteiger charge is 2.15. The number of hydrogen-bond acceptors (Lipinski definition) is 4. The lowest BCUT2D eigenvalue weighted by Crippen LogP contribution is -2.01. The first-order valence-electron chi connectivity index (χ1n) is 5.45. The maximum atomic E-state index is 6.07. The fourth-order valence-electron chi connectivity index (χ4n) is 1.63. The molecule has 0 amide bonds. The third kappa shape index (κ3) is 2.17. The molecule has 0 unspecified atom stereocenters. The number of fused-ring (bicyclic) bond motifs is 1. The first-order valence-corrected chi connectivity index (χ1v) is 6.62. The zero-order valence-electron chi connectivity index (χ0n) is 9.84. The molecule has 2 aromatic heterocycles. The van der Waals surface area contributed by atoms with E-state index in [1.807, 2.05) is 31.2 Å². The standard InChI is InChI=1S/C12H8BrClN4O/c1-7-10(14)17-12-15-6-16-18(12)11(7)19-9-5-3-2-4-8(9)13/h2-6H,1H3. The quantitative estimate of drug-likeness (QED) is 0.669. The van der Waals surface area contributed by atoms with E-state index in [4.69, 9.17) is 16.3 Å². The summed E-state index contributed by atoms with van der Waals surface area (Å²) in [5.41, 5.74) is 0.704. The van der Waals surface area contributed by atoms with Crippen LogP contribution in [0.25, 0.3) is 5.78 Å². The van der Waals surface area contributed by atoms with Crippen LogP contribution in [0, 0.1) is 6.92 Å². The van der Waals surface area contributed by atoms with Crippen LogP contribution in [-0.4, -0.2) is 19.6 Å². The van der Waals surface area contributed by atoms with Crippen molar-refractivity contribution >= 4 is 33.3 Å². The third-order valence-corrected chi connectivity index (χ3v) is 3.62. The average Bonchev–Trinajstić information content (AvgIpc) is 2.85. The smallest absolute Gasteiger partial charge is 0.256 e. The molecule has 0 bridgehead atoms. The van der Waals surface area contributed by atoms with Gasteiger partial charge in [-0.25, -0.2) is 0 Å². The Bertz CT molecular complexity index is 759. The number of aromatic nitrogens is 4. The molecule has 0 atom stereocenters. The summed E-state index contributed by atoms with van der Waals surface area (Å²) >= 11 is 9.50. The molecule has 0 N–H and O–H groups in total. The average molecular weight is 340 g/mol. The lowest BCUT2D eigenvalue weighted by atomic mass is 10.3. The van der Waals surface area contributed by atoms with E-state index >= 15 is 0 Å². The van der Waals surface area contributed by atoms with Crippen molar-refractivity contribution in [3.63, 3.8) is 0 Å². The summed E-state index contributed by atoms with van der Waals surface area (Å²) in [6.07, 6.45) is 1.41. The van der Waals surface area contributed by atoms with Gasteiger partial charge in [-0.05, 0) is 35.0 Å². The van der Waals surface area contributed by atoms with E-state index in [1.54, 1.807) is 0 Å². The summed E-state index contributed by atoms with van der Waals surface area (Å²) in [4.78, 5) is 8.13. The molecule has 19 heavy (non-hydrogen) atoms. The fourth-order valence-corrected chi connectivity index (χ4v) is 2.15. The van der Waals surface area contributed by atoms with Gasteiger partial charge in [0.2, 0.25) is 5.88 Å². The minimum absolute atomic E-state index is 0.350. The molecular weight excluding hydrogens is 332 g/mol. The minimum atomic E-state index is 0.350. The molecule has 0 fully saturated rings. The summed E-state index contributed by atoms with van der Waals surface area (Å²) in [5.74, 6) is 1.57. The number of nitrogens with zero attached hydrogens (tertiary/aromatic N) is 4.